The predicted molar refractivity (Wildman–Crippen MR) is 66.2 cm³/mol. The van der Waals surface area contributed by atoms with Crippen molar-refractivity contribution in [2.75, 3.05) is 0 Å². The van der Waals surface area contributed by atoms with Crippen LogP contribution in [0.15, 0.2) is 15.9 Å². The fourth-order valence-electron chi connectivity index (χ4n) is 1.34. The Bertz CT molecular complexity index is 564. The Morgan fingerprint density at radius 3 is 2.75 bits per heavy atom. The van der Waals surface area contributed by atoms with Crippen molar-refractivity contribution in [1.82, 2.24) is 9.78 Å². The summed E-state index contributed by atoms with van der Waals surface area (Å²) in [6.07, 6.45) is 0. The highest BCUT2D eigenvalue weighted by atomic mass is 79.9. The zero-order chi connectivity index (χ0) is 11.9. The van der Waals surface area contributed by atoms with Gasteiger partial charge in [-0.3, -0.25) is 4.68 Å². The Hall–Kier alpha value is -0.850. The number of hydrogen-bond donors (Lipinski definition) is 1. The van der Waals surface area contributed by atoms with Gasteiger partial charge in [0.1, 0.15) is 5.02 Å². The lowest BCUT2D eigenvalue weighted by Crippen LogP contribution is -1.99. The van der Waals surface area contributed by atoms with E-state index in [0.717, 1.165) is 8.66 Å². The summed E-state index contributed by atoms with van der Waals surface area (Å²) < 4.78 is 2.43. The van der Waals surface area contributed by atoms with E-state index in [9.17, 15) is 4.79 Å². The summed E-state index contributed by atoms with van der Waals surface area (Å²) >= 11 is 10.8. The van der Waals surface area contributed by atoms with E-state index >= 15 is 0 Å². The fourth-order valence-corrected chi connectivity index (χ4v) is 3.21. The van der Waals surface area contributed by atoms with Crippen LogP contribution in [-0.4, -0.2) is 20.9 Å². The first-order valence-electron chi connectivity index (χ1n) is 4.22. The van der Waals surface area contributed by atoms with Crippen molar-refractivity contribution in [3.63, 3.8) is 0 Å². The molecule has 2 rings (SSSR count). The maximum absolute atomic E-state index is 10.9. The van der Waals surface area contributed by atoms with Crippen molar-refractivity contribution >= 4 is 44.8 Å². The van der Waals surface area contributed by atoms with Gasteiger partial charge in [-0.25, -0.2) is 4.79 Å². The summed E-state index contributed by atoms with van der Waals surface area (Å²) in [6.45, 7) is 0. The first-order valence-corrected chi connectivity index (χ1v) is 6.21. The third kappa shape index (κ3) is 1.88. The number of carboxylic acids is 1. The van der Waals surface area contributed by atoms with Crippen molar-refractivity contribution in [2.24, 2.45) is 7.05 Å². The molecule has 0 saturated carbocycles. The number of halogens is 2. The molecule has 0 radical (unpaired) electrons. The highest BCUT2D eigenvalue weighted by Crippen LogP contribution is 2.36. The normalized spacial score (nSPS) is 10.7. The Morgan fingerprint density at radius 1 is 1.62 bits per heavy atom. The van der Waals surface area contributed by atoms with Gasteiger partial charge in [0.25, 0.3) is 0 Å². The average molecular weight is 322 g/mol. The third-order valence-corrected chi connectivity index (χ3v) is 3.99. The second-order valence-electron chi connectivity index (χ2n) is 3.04. The maximum Gasteiger partial charge on any atom is 0.358 e. The molecule has 0 amide bonds. The van der Waals surface area contributed by atoms with Crippen LogP contribution < -0.4 is 0 Å². The molecule has 0 fully saturated rings. The number of carboxylic acid groups (broad SMARTS) is 1. The molecule has 2 heterocycles. The fraction of sp³-hybridized carbons (Fsp3) is 0.111. The number of nitrogens with zero attached hydrogens (tertiary/aromatic N) is 2. The average Bonchev–Trinajstić information content (AvgIpc) is 2.71. The van der Waals surface area contributed by atoms with Crippen LogP contribution in [0, 0.1) is 0 Å². The summed E-state index contributed by atoms with van der Waals surface area (Å²) in [5.74, 6) is -1.12. The molecule has 0 aliphatic rings. The van der Waals surface area contributed by atoms with Gasteiger partial charge in [0, 0.05) is 7.05 Å². The van der Waals surface area contributed by atoms with Crippen molar-refractivity contribution in [2.45, 2.75) is 0 Å². The summed E-state index contributed by atoms with van der Waals surface area (Å²) in [4.78, 5) is 11.7. The number of aromatic carboxylic acids is 1. The van der Waals surface area contributed by atoms with Crippen LogP contribution in [0.5, 0.6) is 0 Å². The van der Waals surface area contributed by atoms with Crippen molar-refractivity contribution in [1.29, 1.82) is 0 Å². The van der Waals surface area contributed by atoms with Crippen LogP contribution in [-0.2, 0) is 7.05 Å². The molecule has 16 heavy (non-hydrogen) atoms. The van der Waals surface area contributed by atoms with Gasteiger partial charge < -0.3 is 5.11 Å². The molecular weight excluding hydrogens is 316 g/mol. The maximum atomic E-state index is 10.9. The molecule has 2 aromatic rings. The van der Waals surface area contributed by atoms with E-state index in [1.807, 2.05) is 12.1 Å². The van der Waals surface area contributed by atoms with Gasteiger partial charge in [0.05, 0.1) is 14.4 Å². The van der Waals surface area contributed by atoms with Gasteiger partial charge in [-0.05, 0) is 28.1 Å². The van der Waals surface area contributed by atoms with Crippen LogP contribution >= 0.6 is 38.9 Å². The molecule has 0 aromatic carbocycles. The number of hydrogen-bond acceptors (Lipinski definition) is 3. The van der Waals surface area contributed by atoms with Crippen LogP contribution in [0.4, 0.5) is 0 Å². The smallest absolute Gasteiger partial charge is 0.358 e. The largest absolute Gasteiger partial charge is 0.476 e. The Morgan fingerprint density at radius 2 is 2.31 bits per heavy atom. The van der Waals surface area contributed by atoms with E-state index < -0.39 is 5.97 Å². The molecule has 0 unspecified atom stereocenters. The Balaban J connectivity index is 2.61. The highest BCUT2D eigenvalue weighted by Gasteiger charge is 2.21. The van der Waals surface area contributed by atoms with Crippen molar-refractivity contribution in [3.05, 3.63) is 26.6 Å². The monoisotopic (exact) mass is 320 g/mol. The molecule has 84 valence electrons. The molecular formula is C9H6BrClN2O2S. The van der Waals surface area contributed by atoms with E-state index in [1.54, 1.807) is 7.05 Å². The second kappa shape index (κ2) is 4.20. The lowest BCUT2D eigenvalue weighted by atomic mass is 10.3. The predicted octanol–water partition coefficient (Wildman–Crippen LogP) is 3.26. The van der Waals surface area contributed by atoms with E-state index in [1.165, 1.54) is 16.0 Å². The molecule has 0 spiro atoms. The lowest BCUT2D eigenvalue weighted by molar-refractivity contribution is 0.0690. The van der Waals surface area contributed by atoms with Gasteiger partial charge in [0.2, 0.25) is 0 Å². The van der Waals surface area contributed by atoms with E-state index in [2.05, 4.69) is 21.0 Å². The van der Waals surface area contributed by atoms with Crippen LogP contribution in [0.3, 0.4) is 0 Å². The highest BCUT2D eigenvalue weighted by molar-refractivity contribution is 9.11. The molecule has 0 atom stereocenters. The Labute approximate surface area is 109 Å². The number of aryl methyl sites for hydroxylation is 1. The summed E-state index contributed by atoms with van der Waals surface area (Å²) in [6, 6.07) is 3.74. The van der Waals surface area contributed by atoms with Crippen molar-refractivity contribution in [3.8, 4) is 10.6 Å². The van der Waals surface area contributed by atoms with Crippen LogP contribution in [0.25, 0.3) is 10.6 Å². The number of carbonyl (C=O) groups is 1. The summed E-state index contributed by atoms with van der Waals surface area (Å²) in [7, 11) is 1.67. The van der Waals surface area contributed by atoms with Crippen molar-refractivity contribution < 1.29 is 9.90 Å². The van der Waals surface area contributed by atoms with E-state index in [4.69, 9.17) is 16.7 Å². The van der Waals surface area contributed by atoms with Crippen LogP contribution in [0.2, 0.25) is 5.02 Å². The zero-order valence-corrected chi connectivity index (χ0v) is 11.2. The molecule has 0 saturated heterocycles. The topological polar surface area (TPSA) is 55.1 Å². The standard InChI is InChI=1S/C9H6BrClN2O2S/c1-13-8(4-2-3-5(10)16-4)6(11)7(12-13)9(14)15/h2-3H,1H3,(H,14,15). The lowest BCUT2D eigenvalue weighted by Gasteiger charge is -1.97. The van der Waals surface area contributed by atoms with E-state index in [-0.39, 0.29) is 10.7 Å². The quantitative estimate of drug-likeness (QED) is 0.923. The number of thiophene rings is 1. The summed E-state index contributed by atoms with van der Waals surface area (Å²) in [5.41, 5.74) is 0.499. The molecule has 4 nitrogen and oxygen atoms in total. The minimum absolute atomic E-state index is 0.122. The molecule has 0 aliphatic heterocycles. The van der Waals surface area contributed by atoms with Gasteiger partial charge in [-0.2, -0.15) is 5.10 Å². The number of rotatable bonds is 2. The minimum Gasteiger partial charge on any atom is -0.476 e. The summed E-state index contributed by atoms with van der Waals surface area (Å²) in [5, 5.41) is 12.9. The van der Waals surface area contributed by atoms with E-state index in [0.29, 0.717) is 5.69 Å². The first-order chi connectivity index (χ1) is 7.50. The second-order valence-corrected chi connectivity index (χ2v) is 5.88. The van der Waals surface area contributed by atoms with Gasteiger partial charge in [0.15, 0.2) is 5.69 Å². The zero-order valence-electron chi connectivity index (χ0n) is 8.07. The SMILES string of the molecule is Cn1nc(C(=O)O)c(Cl)c1-c1ccc(Br)s1. The van der Waals surface area contributed by atoms with Gasteiger partial charge in [-0.15, -0.1) is 11.3 Å². The Kier molecular flexibility index (Phi) is 3.05. The molecule has 1 N–H and O–H groups in total. The first kappa shape index (κ1) is 11.6. The minimum atomic E-state index is -1.12. The number of aromatic nitrogens is 2. The molecule has 0 aliphatic carbocycles. The van der Waals surface area contributed by atoms with Crippen LogP contribution in [0.1, 0.15) is 10.5 Å². The third-order valence-electron chi connectivity index (χ3n) is 2.00. The van der Waals surface area contributed by atoms with Gasteiger partial charge in [-0.1, -0.05) is 11.6 Å². The van der Waals surface area contributed by atoms with Gasteiger partial charge >= 0.3 is 5.97 Å². The molecule has 2 aromatic heterocycles. The molecule has 7 heteroatoms. The molecule has 0 bridgehead atoms.